The SMILES string of the molecule is O=S(=O)(O)OS(=O)(=O)OC(Cl)(Cl)c1ccc(Cl)c(Cl)c1Cl. The fourth-order valence-electron chi connectivity index (χ4n) is 1.04. The summed E-state index contributed by atoms with van der Waals surface area (Å²) in [6, 6.07) is 2.27. The molecule has 0 atom stereocenters. The van der Waals surface area contributed by atoms with Crippen molar-refractivity contribution in [2.45, 2.75) is 4.52 Å². The molecule has 0 saturated heterocycles. The summed E-state index contributed by atoms with van der Waals surface area (Å²) in [5, 5.41) is -0.513. The van der Waals surface area contributed by atoms with E-state index in [1.165, 1.54) is 6.07 Å². The van der Waals surface area contributed by atoms with Gasteiger partial charge in [0.25, 0.3) is 4.52 Å². The monoisotopic (exact) mass is 438 g/mol. The molecule has 0 aliphatic heterocycles. The highest BCUT2D eigenvalue weighted by molar-refractivity contribution is 7.94. The molecule has 0 unspecified atom stereocenters. The zero-order chi connectivity index (χ0) is 16.6. The topological polar surface area (TPSA) is 107 Å². The third-order valence-corrected chi connectivity index (χ3v) is 5.57. The van der Waals surface area contributed by atoms with Gasteiger partial charge in [-0.05, 0) is 6.07 Å². The van der Waals surface area contributed by atoms with Crippen molar-refractivity contribution in [1.82, 2.24) is 0 Å². The molecule has 120 valence electrons. The molecule has 0 saturated carbocycles. The third-order valence-electron chi connectivity index (χ3n) is 1.72. The van der Waals surface area contributed by atoms with Crippen LogP contribution < -0.4 is 0 Å². The first kappa shape index (κ1) is 19.5. The first-order valence-electron chi connectivity index (χ1n) is 4.41. The van der Waals surface area contributed by atoms with Gasteiger partial charge >= 0.3 is 20.8 Å². The molecule has 14 heteroatoms. The van der Waals surface area contributed by atoms with Crippen LogP contribution in [-0.2, 0) is 33.1 Å². The van der Waals surface area contributed by atoms with Crippen LogP contribution in [0.4, 0.5) is 0 Å². The van der Waals surface area contributed by atoms with Gasteiger partial charge in [0.2, 0.25) is 0 Å². The number of benzene rings is 1. The number of hydrogen-bond acceptors (Lipinski definition) is 6. The number of hydrogen-bond donors (Lipinski definition) is 1. The molecule has 1 aromatic rings. The van der Waals surface area contributed by atoms with Gasteiger partial charge in [0.1, 0.15) is 0 Å². The lowest BCUT2D eigenvalue weighted by atomic mass is 10.2. The summed E-state index contributed by atoms with van der Waals surface area (Å²) in [6.45, 7) is 0. The predicted molar refractivity (Wildman–Crippen MR) is 77.5 cm³/mol. The van der Waals surface area contributed by atoms with Crippen molar-refractivity contribution in [3.63, 3.8) is 0 Å². The Kier molecular flexibility index (Phi) is 6.05. The van der Waals surface area contributed by atoms with Gasteiger partial charge in [-0.25, -0.2) is 4.18 Å². The van der Waals surface area contributed by atoms with Gasteiger partial charge in [-0.2, -0.15) is 16.8 Å². The standard InChI is InChI=1S/C7H3Cl5O7S2/c8-4-2-1-3(5(9)6(4)10)7(11,12)18-21(16,17)19-20(13,14)15/h1-2H,(H,13,14,15). The van der Waals surface area contributed by atoms with Crippen LogP contribution in [0.3, 0.4) is 0 Å². The highest BCUT2D eigenvalue weighted by atomic mass is 35.5. The van der Waals surface area contributed by atoms with Gasteiger partial charge in [-0.1, -0.05) is 64.1 Å². The Labute approximate surface area is 144 Å². The second-order valence-electron chi connectivity index (χ2n) is 3.23. The van der Waals surface area contributed by atoms with Crippen molar-refractivity contribution in [2.24, 2.45) is 0 Å². The van der Waals surface area contributed by atoms with E-state index >= 15 is 0 Å². The summed E-state index contributed by atoms with van der Waals surface area (Å²) in [5.41, 5.74) is -0.357. The molecular weight excluding hydrogens is 437 g/mol. The van der Waals surface area contributed by atoms with Crippen molar-refractivity contribution in [2.75, 3.05) is 0 Å². The van der Waals surface area contributed by atoms with Gasteiger partial charge in [-0.3, -0.25) is 4.55 Å². The lowest BCUT2D eigenvalue weighted by Gasteiger charge is -2.20. The maximum Gasteiger partial charge on any atom is 0.419 e. The summed E-state index contributed by atoms with van der Waals surface area (Å²) in [6.07, 6.45) is 0. The van der Waals surface area contributed by atoms with Crippen LogP contribution in [0.1, 0.15) is 5.56 Å². The Hall–Kier alpha value is 0.450. The summed E-state index contributed by atoms with van der Waals surface area (Å²) in [7, 11) is -10.7. The highest BCUT2D eigenvalue weighted by Crippen LogP contribution is 2.44. The first-order valence-corrected chi connectivity index (χ1v) is 9.00. The van der Waals surface area contributed by atoms with Crippen molar-refractivity contribution >= 4 is 78.8 Å². The molecule has 0 aromatic heterocycles. The largest absolute Gasteiger partial charge is 0.419 e. The molecule has 1 rings (SSSR count). The molecular formula is C7H3Cl5O7S2. The first-order chi connectivity index (χ1) is 9.25. The van der Waals surface area contributed by atoms with Gasteiger partial charge in [-0.15, -0.1) is 3.63 Å². The van der Waals surface area contributed by atoms with Crippen LogP contribution in [0.2, 0.25) is 15.1 Å². The number of rotatable bonds is 5. The zero-order valence-corrected chi connectivity index (χ0v) is 14.7. The van der Waals surface area contributed by atoms with E-state index < -0.39 is 25.3 Å². The minimum Gasteiger partial charge on any atom is -0.263 e. The third kappa shape index (κ3) is 5.54. The van der Waals surface area contributed by atoms with Crippen LogP contribution in [0.25, 0.3) is 0 Å². The van der Waals surface area contributed by atoms with E-state index in [1.807, 2.05) is 0 Å². The maximum absolute atomic E-state index is 11.2. The van der Waals surface area contributed by atoms with Gasteiger partial charge < -0.3 is 0 Å². The van der Waals surface area contributed by atoms with E-state index in [9.17, 15) is 16.8 Å². The molecule has 7 nitrogen and oxygen atoms in total. The molecule has 0 amide bonds. The molecule has 21 heavy (non-hydrogen) atoms. The Balaban J connectivity index is 3.22. The van der Waals surface area contributed by atoms with E-state index in [0.717, 1.165) is 6.07 Å². The van der Waals surface area contributed by atoms with Gasteiger partial charge in [0.15, 0.2) is 0 Å². The van der Waals surface area contributed by atoms with Crippen molar-refractivity contribution in [1.29, 1.82) is 0 Å². The zero-order valence-electron chi connectivity index (χ0n) is 9.26. The second-order valence-corrected chi connectivity index (χ2v) is 8.03. The van der Waals surface area contributed by atoms with Crippen LogP contribution >= 0.6 is 58.0 Å². The smallest absolute Gasteiger partial charge is 0.263 e. The lowest BCUT2D eigenvalue weighted by molar-refractivity contribution is 0.215. The Morgan fingerprint density at radius 2 is 1.52 bits per heavy atom. The molecule has 0 fully saturated rings. The van der Waals surface area contributed by atoms with Crippen LogP contribution in [0.5, 0.6) is 0 Å². The van der Waals surface area contributed by atoms with E-state index in [4.69, 9.17) is 62.6 Å². The average Bonchev–Trinajstić information content (AvgIpc) is 2.20. The Bertz CT molecular complexity index is 758. The summed E-state index contributed by atoms with van der Waals surface area (Å²) in [4.78, 5) is 0. The maximum atomic E-state index is 11.2. The molecule has 0 bridgehead atoms. The normalized spacial score (nSPS) is 13.4. The minimum atomic E-state index is -5.37. The lowest BCUT2D eigenvalue weighted by Crippen LogP contribution is -2.24. The van der Waals surface area contributed by atoms with Crippen LogP contribution in [0.15, 0.2) is 12.1 Å². The average molecular weight is 440 g/mol. The molecule has 1 N–H and O–H groups in total. The van der Waals surface area contributed by atoms with Gasteiger partial charge in [0, 0.05) is 5.56 Å². The predicted octanol–water partition coefficient (Wildman–Crippen LogP) is 3.32. The fourth-order valence-corrected chi connectivity index (χ4v) is 3.89. The molecule has 0 aliphatic rings. The minimum absolute atomic E-state index is 0.0200. The van der Waals surface area contributed by atoms with Gasteiger partial charge in [0.05, 0.1) is 15.1 Å². The van der Waals surface area contributed by atoms with E-state index in [0.29, 0.717) is 0 Å². The van der Waals surface area contributed by atoms with Crippen LogP contribution in [-0.4, -0.2) is 21.4 Å². The summed E-state index contributed by atoms with van der Waals surface area (Å²) < 4.78 is 56.2. The molecule has 0 spiro atoms. The fraction of sp³-hybridized carbons (Fsp3) is 0.143. The summed E-state index contributed by atoms with van der Waals surface area (Å²) in [5.74, 6) is 0. The Morgan fingerprint density at radius 3 is 2.00 bits per heavy atom. The highest BCUT2D eigenvalue weighted by Gasteiger charge is 2.39. The van der Waals surface area contributed by atoms with Crippen molar-refractivity contribution < 1.29 is 29.2 Å². The van der Waals surface area contributed by atoms with E-state index in [2.05, 4.69) is 7.81 Å². The number of halogens is 5. The number of alkyl halides is 2. The van der Waals surface area contributed by atoms with Crippen LogP contribution in [0, 0.1) is 0 Å². The van der Waals surface area contributed by atoms with E-state index in [-0.39, 0.29) is 20.6 Å². The quantitative estimate of drug-likeness (QED) is 0.425. The molecule has 0 heterocycles. The van der Waals surface area contributed by atoms with Crippen molar-refractivity contribution in [3.8, 4) is 0 Å². The van der Waals surface area contributed by atoms with Crippen molar-refractivity contribution in [3.05, 3.63) is 32.8 Å². The summed E-state index contributed by atoms with van der Waals surface area (Å²) >= 11 is 28.4. The second kappa shape index (κ2) is 6.52. The molecule has 1 aromatic carbocycles. The Morgan fingerprint density at radius 1 is 1.00 bits per heavy atom. The molecule has 0 aliphatic carbocycles. The molecule has 0 radical (unpaired) electrons. The van der Waals surface area contributed by atoms with E-state index in [1.54, 1.807) is 0 Å².